The Morgan fingerprint density at radius 1 is 1.28 bits per heavy atom. The normalized spacial score (nSPS) is 13.9. The molecule has 0 saturated carbocycles. The van der Waals surface area contributed by atoms with Crippen LogP contribution in [0, 0.1) is 5.92 Å². The minimum atomic E-state index is -0.942. The molecular formula is C13H25NO3S. The van der Waals surface area contributed by atoms with Crippen molar-refractivity contribution in [3.63, 3.8) is 0 Å². The van der Waals surface area contributed by atoms with Gasteiger partial charge in [-0.2, -0.15) is 11.8 Å². The van der Waals surface area contributed by atoms with Crippen LogP contribution in [0.25, 0.3) is 0 Å². The first-order chi connectivity index (χ1) is 8.56. The van der Waals surface area contributed by atoms with Gasteiger partial charge in [0.15, 0.2) is 0 Å². The van der Waals surface area contributed by atoms with E-state index in [9.17, 15) is 9.59 Å². The number of carboxylic acids is 1. The van der Waals surface area contributed by atoms with E-state index in [0.717, 1.165) is 31.4 Å². The van der Waals surface area contributed by atoms with Crippen LogP contribution in [0.15, 0.2) is 0 Å². The van der Waals surface area contributed by atoms with Crippen molar-refractivity contribution in [3.05, 3.63) is 0 Å². The van der Waals surface area contributed by atoms with Gasteiger partial charge in [0.1, 0.15) is 6.04 Å². The Morgan fingerprint density at radius 3 is 2.39 bits per heavy atom. The van der Waals surface area contributed by atoms with Crippen LogP contribution in [-0.4, -0.2) is 35.0 Å². The molecule has 0 heterocycles. The third kappa shape index (κ3) is 6.89. The largest absolute Gasteiger partial charge is 0.480 e. The first-order valence-electron chi connectivity index (χ1n) is 6.58. The number of thioether (sulfide) groups is 1. The molecule has 1 unspecified atom stereocenters. The summed E-state index contributed by atoms with van der Waals surface area (Å²) in [4.78, 5) is 23.0. The Bertz CT molecular complexity index is 259. The number of hydrogen-bond acceptors (Lipinski definition) is 3. The minimum Gasteiger partial charge on any atom is -0.480 e. The van der Waals surface area contributed by atoms with Crippen molar-refractivity contribution in [1.29, 1.82) is 0 Å². The highest BCUT2D eigenvalue weighted by molar-refractivity contribution is 7.98. The number of aliphatic carboxylic acids is 1. The molecule has 0 aliphatic heterocycles. The summed E-state index contributed by atoms with van der Waals surface area (Å²) in [5, 5.41) is 11.7. The Hall–Kier alpha value is -0.710. The maximum atomic E-state index is 12.0. The zero-order valence-electron chi connectivity index (χ0n) is 11.6. The summed E-state index contributed by atoms with van der Waals surface area (Å²) in [5.41, 5.74) is 0. The van der Waals surface area contributed by atoms with Gasteiger partial charge in [-0.3, -0.25) is 4.79 Å². The molecule has 2 atom stereocenters. The second kappa shape index (κ2) is 10.2. The molecule has 18 heavy (non-hydrogen) atoms. The van der Waals surface area contributed by atoms with E-state index < -0.39 is 12.0 Å². The maximum Gasteiger partial charge on any atom is 0.326 e. The molecule has 0 aromatic rings. The number of nitrogens with one attached hydrogen (secondary N) is 1. The van der Waals surface area contributed by atoms with Crippen molar-refractivity contribution in [2.45, 2.75) is 52.0 Å². The lowest BCUT2D eigenvalue weighted by atomic mass is 9.98. The predicted octanol–water partition coefficient (Wildman–Crippen LogP) is 2.53. The van der Waals surface area contributed by atoms with Crippen LogP contribution in [0.3, 0.4) is 0 Å². The van der Waals surface area contributed by atoms with Crippen LogP contribution in [0.5, 0.6) is 0 Å². The standard InChI is InChI=1S/C13H25NO3S/c1-4-6-7-10(5-2)12(15)14-11(13(16)17)8-9-18-3/h10-11H,4-9H2,1-3H3,(H,14,15)(H,16,17)/t10?,11-/m0/s1. The monoisotopic (exact) mass is 275 g/mol. The van der Waals surface area contributed by atoms with Crippen LogP contribution < -0.4 is 5.32 Å². The highest BCUT2D eigenvalue weighted by atomic mass is 32.2. The van der Waals surface area contributed by atoms with Crippen LogP contribution >= 0.6 is 11.8 Å². The van der Waals surface area contributed by atoms with E-state index in [1.807, 2.05) is 13.2 Å². The van der Waals surface area contributed by atoms with Gasteiger partial charge in [-0.1, -0.05) is 26.7 Å². The van der Waals surface area contributed by atoms with E-state index in [-0.39, 0.29) is 11.8 Å². The van der Waals surface area contributed by atoms with Crippen LogP contribution in [0.4, 0.5) is 0 Å². The molecule has 0 saturated heterocycles. The molecule has 0 aromatic heterocycles. The molecule has 0 rings (SSSR count). The second-order valence-electron chi connectivity index (χ2n) is 4.43. The van der Waals surface area contributed by atoms with E-state index in [4.69, 9.17) is 5.11 Å². The molecule has 0 spiro atoms. The molecule has 1 amide bonds. The first kappa shape index (κ1) is 17.3. The maximum absolute atomic E-state index is 12.0. The zero-order chi connectivity index (χ0) is 14.0. The SMILES string of the molecule is CCCCC(CC)C(=O)N[C@@H](CCSC)C(=O)O. The smallest absolute Gasteiger partial charge is 0.326 e. The van der Waals surface area contributed by atoms with Gasteiger partial charge in [-0.15, -0.1) is 0 Å². The lowest BCUT2D eigenvalue weighted by molar-refractivity contribution is -0.142. The number of rotatable bonds is 10. The molecular weight excluding hydrogens is 250 g/mol. The van der Waals surface area contributed by atoms with Gasteiger partial charge in [-0.25, -0.2) is 4.79 Å². The van der Waals surface area contributed by atoms with E-state index in [1.165, 1.54) is 0 Å². The average Bonchev–Trinajstić information content (AvgIpc) is 2.34. The minimum absolute atomic E-state index is 0.0546. The number of carboxylic acid groups (broad SMARTS) is 1. The Balaban J connectivity index is 4.32. The third-order valence-electron chi connectivity index (χ3n) is 2.99. The molecule has 0 aliphatic rings. The summed E-state index contributed by atoms with van der Waals surface area (Å²) < 4.78 is 0. The first-order valence-corrected chi connectivity index (χ1v) is 7.98. The molecule has 5 heteroatoms. The molecule has 4 nitrogen and oxygen atoms in total. The summed E-state index contributed by atoms with van der Waals surface area (Å²) >= 11 is 1.59. The van der Waals surface area contributed by atoms with Crippen molar-refractivity contribution >= 4 is 23.6 Å². The molecule has 0 aromatic carbocycles. The summed E-state index contributed by atoms with van der Waals surface area (Å²) in [6, 6.07) is -0.749. The number of amides is 1. The third-order valence-corrected chi connectivity index (χ3v) is 3.64. The average molecular weight is 275 g/mol. The molecule has 0 aliphatic carbocycles. The predicted molar refractivity (Wildman–Crippen MR) is 75.9 cm³/mol. The Morgan fingerprint density at radius 2 is 1.94 bits per heavy atom. The fraction of sp³-hybridized carbons (Fsp3) is 0.846. The molecule has 0 fully saturated rings. The molecule has 2 N–H and O–H groups in total. The number of carbonyl (C=O) groups is 2. The van der Waals surface area contributed by atoms with Crippen molar-refractivity contribution in [3.8, 4) is 0 Å². The van der Waals surface area contributed by atoms with E-state index >= 15 is 0 Å². The van der Waals surface area contributed by atoms with Crippen molar-refractivity contribution in [1.82, 2.24) is 5.32 Å². The summed E-state index contributed by atoms with van der Waals surface area (Å²) in [5.74, 6) is -0.369. The van der Waals surface area contributed by atoms with Gasteiger partial charge in [0, 0.05) is 5.92 Å². The quantitative estimate of drug-likeness (QED) is 0.643. The Labute approximate surface area is 114 Å². The van der Waals surface area contributed by atoms with Crippen molar-refractivity contribution in [2.75, 3.05) is 12.0 Å². The van der Waals surface area contributed by atoms with Crippen LogP contribution in [-0.2, 0) is 9.59 Å². The molecule has 0 bridgehead atoms. The summed E-state index contributed by atoms with van der Waals surface area (Å²) in [6.45, 7) is 4.06. The lowest BCUT2D eigenvalue weighted by Gasteiger charge is -2.19. The Kier molecular flexibility index (Phi) is 9.83. The number of unbranched alkanes of at least 4 members (excludes halogenated alkanes) is 1. The lowest BCUT2D eigenvalue weighted by Crippen LogP contribution is -2.43. The van der Waals surface area contributed by atoms with E-state index in [2.05, 4.69) is 12.2 Å². The van der Waals surface area contributed by atoms with Crippen molar-refractivity contribution < 1.29 is 14.7 Å². The second-order valence-corrected chi connectivity index (χ2v) is 5.41. The topological polar surface area (TPSA) is 66.4 Å². The number of carbonyl (C=O) groups excluding carboxylic acids is 1. The van der Waals surface area contributed by atoms with Gasteiger partial charge in [0.05, 0.1) is 0 Å². The van der Waals surface area contributed by atoms with Crippen molar-refractivity contribution in [2.24, 2.45) is 5.92 Å². The van der Waals surface area contributed by atoms with E-state index in [0.29, 0.717) is 6.42 Å². The van der Waals surface area contributed by atoms with E-state index in [1.54, 1.807) is 11.8 Å². The fourth-order valence-electron chi connectivity index (χ4n) is 1.75. The van der Waals surface area contributed by atoms with Gasteiger partial charge in [0.25, 0.3) is 0 Å². The van der Waals surface area contributed by atoms with Gasteiger partial charge in [-0.05, 0) is 31.3 Å². The highest BCUT2D eigenvalue weighted by Gasteiger charge is 2.23. The highest BCUT2D eigenvalue weighted by Crippen LogP contribution is 2.13. The summed E-state index contributed by atoms with van der Waals surface area (Å²) in [7, 11) is 0. The number of hydrogen-bond donors (Lipinski definition) is 2. The summed E-state index contributed by atoms with van der Waals surface area (Å²) in [6.07, 6.45) is 6.07. The van der Waals surface area contributed by atoms with Crippen LogP contribution in [0.1, 0.15) is 46.0 Å². The van der Waals surface area contributed by atoms with Gasteiger partial charge in [0.2, 0.25) is 5.91 Å². The van der Waals surface area contributed by atoms with Crippen LogP contribution in [0.2, 0.25) is 0 Å². The fourth-order valence-corrected chi connectivity index (χ4v) is 2.23. The molecule has 106 valence electrons. The van der Waals surface area contributed by atoms with Gasteiger partial charge >= 0.3 is 5.97 Å². The molecule has 0 radical (unpaired) electrons. The van der Waals surface area contributed by atoms with Gasteiger partial charge < -0.3 is 10.4 Å². The zero-order valence-corrected chi connectivity index (χ0v) is 12.4.